The molecule has 0 saturated heterocycles. The molecule has 0 spiro atoms. The molecule has 1 fully saturated rings. The molecule has 0 amide bonds. The molecule has 0 aliphatic heterocycles. The average Bonchev–Trinajstić information content (AvgIpc) is 2.69. The van der Waals surface area contributed by atoms with E-state index in [1.165, 1.54) is 49.7 Å². The molecule has 1 nitrogen and oxygen atoms in total. The first-order valence-corrected chi connectivity index (χ1v) is 10.4. The zero-order valence-electron chi connectivity index (χ0n) is 15.8. The summed E-state index contributed by atoms with van der Waals surface area (Å²) in [6.45, 7) is 2.31. The second-order valence-corrected chi connectivity index (χ2v) is 7.80. The van der Waals surface area contributed by atoms with Crippen LogP contribution in [-0.2, 0) is 12.8 Å². The lowest BCUT2D eigenvalue weighted by molar-refractivity contribution is 0.308. The van der Waals surface area contributed by atoms with Gasteiger partial charge in [0.15, 0.2) is 0 Å². The van der Waals surface area contributed by atoms with Crippen LogP contribution in [0.1, 0.15) is 68.1 Å². The Morgan fingerprint density at radius 3 is 2.00 bits per heavy atom. The summed E-state index contributed by atoms with van der Waals surface area (Å²) in [6.07, 6.45) is 10.5. The van der Waals surface area contributed by atoms with Crippen LogP contribution in [0.15, 0.2) is 53.5 Å². The Balaban J connectivity index is 1.51. The highest BCUT2D eigenvalue weighted by atomic mass is 32.1. The van der Waals surface area contributed by atoms with E-state index >= 15 is 0 Å². The number of isothiocyanates is 1. The molecule has 2 aromatic rings. The van der Waals surface area contributed by atoms with Gasteiger partial charge < -0.3 is 0 Å². The first kappa shape index (κ1) is 19.0. The third-order valence-electron chi connectivity index (χ3n) is 5.81. The fourth-order valence-electron chi connectivity index (χ4n) is 4.23. The molecule has 0 radical (unpaired) electrons. The van der Waals surface area contributed by atoms with Gasteiger partial charge in [-0.3, -0.25) is 0 Å². The van der Waals surface area contributed by atoms with E-state index in [0.717, 1.165) is 30.4 Å². The molecule has 1 aliphatic rings. The summed E-state index contributed by atoms with van der Waals surface area (Å²) >= 11 is 4.64. The second kappa shape index (κ2) is 9.80. The van der Waals surface area contributed by atoms with Crippen LogP contribution < -0.4 is 0 Å². The SMILES string of the molecule is CCCC1CCC(c2ccc(CCc3ccc(N=C=S)cc3)cc2)CC1. The summed E-state index contributed by atoms with van der Waals surface area (Å²) in [7, 11) is 0. The van der Waals surface area contributed by atoms with E-state index in [9.17, 15) is 0 Å². The highest BCUT2D eigenvalue weighted by Gasteiger charge is 2.21. The first-order valence-electron chi connectivity index (χ1n) is 10.0. The number of hydrogen-bond donors (Lipinski definition) is 0. The second-order valence-electron chi connectivity index (χ2n) is 7.62. The zero-order valence-corrected chi connectivity index (χ0v) is 16.6. The van der Waals surface area contributed by atoms with Gasteiger partial charge in [0.2, 0.25) is 0 Å². The predicted octanol–water partition coefficient (Wildman–Crippen LogP) is 7.28. The third-order valence-corrected chi connectivity index (χ3v) is 5.90. The maximum atomic E-state index is 4.64. The monoisotopic (exact) mass is 363 g/mol. The molecular formula is C24H29NS. The van der Waals surface area contributed by atoms with Crippen LogP contribution in [0.2, 0.25) is 0 Å². The maximum absolute atomic E-state index is 4.64. The van der Waals surface area contributed by atoms with E-state index < -0.39 is 0 Å². The Morgan fingerprint density at radius 1 is 0.885 bits per heavy atom. The molecule has 0 atom stereocenters. The van der Waals surface area contributed by atoms with Gasteiger partial charge in [0.1, 0.15) is 0 Å². The lowest BCUT2D eigenvalue weighted by Gasteiger charge is -2.28. The van der Waals surface area contributed by atoms with Crippen LogP contribution in [-0.4, -0.2) is 5.16 Å². The van der Waals surface area contributed by atoms with Gasteiger partial charge in [-0.15, -0.1) is 0 Å². The smallest absolute Gasteiger partial charge is 0.0739 e. The summed E-state index contributed by atoms with van der Waals surface area (Å²) in [4.78, 5) is 4.00. The summed E-state index contributed by atoms with van der Waals surface area (Å²) in [5.41, 5.74) is 5.19. The Hall–Kier alpha value is -1.76. The molecule has 136 valence electrons. The Kier molecular flexibility index (Phi) is 7.17. The number of aryl methyl sites for hydroxylation is 2. The minimum absolute atomic E-state index is 0.784. The van der Waals surface area contributed by atoms with Gasteiger partial charge in [-0.1, -0.05) is 56.2 Å². The van der Waals surface area contributed by atoms with Crippen molar-refractivity contribution in [1.82, 2.24) is 0 Å². The van der Waals surface area contributed by atoms with Crippen molar-refractivity contribution in [1.29, 1.82) is 0 Å². The number of rotatable bonds is 7. The van der Waals surface area contributed by atoms with Crippen molar-refractivity contribution in [2.75, 3.05) is 0 Å². The molecule has 0 N–H and O–H groups in total. The van der Waals surface area contributed by atoms with Crippen LogP contribution in [0.25, 0.3) is 0 Å². The van der Waals surface area contributed by atoms with Crippen molar-refractivity contribution in [3.63, 3.8) is 0 Å². The van der Waals surface area contributed by atoms with Gasteiger partial charge in [-0.05, 0) is 91.4 Å². The van der Waals surface area contributed by atoms with Crippen LogP contribution >= 0.6 is 12.2 Å². The summed E-state index contributed by atoms with van der Waals surface area (Å²) in [6, 6.07) is 17.7. The molecule has 2 aromatic carbocycles. The van der Waals surface area contributed by atoms with Crippen LogP contribution in [0.5, 0.6) is 0 Å². The largest absolute Gasteiger partial charge is 0.195 e. The fraction of sp³-hybridized carbons (Fsp3) is 0.458. The lowest BCUT2D eigenvalue weighted by Crippen LogP contribution is -2.13. The van der Waals surface area contributed by atoms with E-state index in [4.69, 9.17) is 0 Å². The Bertz CT molecular complexity index is 718. The van der Waals surface area contributed by atoms with E-state index in [1.807, 2.05) is 12.1 Å². The van der Waals surface area contributed by atoms with Gasteiger partial charge in [-0.25, -0.2) is 0 Å². The molecule has 0 aromatic heterocycles. The molecular weight excluding hydrogens is 334 g/mol. The number of aliphatic imine (C=N–C) groups is 1. The molecule has 3 rings (SSSR count). The van der Waals surface area contributed by atoms with E-state index in [2.05, 4.69) is 65.7 Å². The first-order chi connectivity index (χ1) is 12.8. The van der Waals surface area contributed by atoms with Crippen LogP contribution in [0, 0.1) is 5.92 Å². The van der Waals surface area contributed by atoms with Gasteiger partial charge in [0.25, 0.3) is 0 Å². The van der Waals surface area contributed by atoms with Crippen molar-refractivity contribution < 1.29 is 0 Å². The van der Waals surface area contributed by atoms with Crippen molar-refractivity contribution in [3.05, 3.63) is 65.2 Å². The molecule has 2 heteroatoms. The quantitative estimate of drug-likeness (QED) is 0.372. The van der Waals surface area contributed by atoms with Gasteiger partial charge in [0.05, 0.1) is 10.8 Å². The topological polar surface area (TPSA) is 12.4 Å². The van der Waals surface area contributed by atoms with E-state index in [1.54, 1.807) is 5.56 Å². The maximum Gasteiger partial charge on any atom is 0.0739 e. The molecule has 26 heavy (non-hydrogen) atoms. The zero-order chi connectivity index (χ0) is 18.2. The molecule has 1 saturated carbocycles. The van der Waals surface area contributed by atoms with E-state index in [0.29, 0.717) is 0 Å². The normalized spacial score (nSPS) is 19.7. The molecule has 1 aliphatic carbocycles. The van der Waals surface area contributed by atoms with E-state index in [-0.39, 0.29) is 0 Å². The number of nitrogens with zero attached hydrogens (tertiary/aromatic N) is 1. The van der Waals surface area contributed by atoms with Crippen molar-refractivity contribution in [2.24, 2.45) is 10.9 Å². The van der Waals surface area contributed by atoms with Crippen molar-refractivity contribution >= 4 is 23.1 Å². The average molecular weight is 364 g/mol. The number of hydrogen-bond acceptors (Lipinski definition) is 2. The van der Waals surface area contributed by atoms with Crippen LogP contribution in [0.4, 0.5) is 5.69 Å². The fourth-order valence-corrected chi connectivity index (χ4v) is 4.33. The van der Waals surface area contributed by atoms with Crippen molar-refractivity contribution in [2.45, 2.75) is 64.2 Å². The number of thiocarbonyl (C=S) groups is 1. The summed E-state index contributed by atoms with van der Waals surface area (Å²) in [5, 5.41) is 2.41. The highest BCUT2D eigenvalue weighted by molar-refractivity contribution is 7.78. The predicted molar refractivity (Wildman–Crippen MR) is 115 cm³/mol. The highest BCUT2D eigenvalue weighted by Crippen LogP contribution is 2.37. The lowest BCUT2D eigenvalue weighted by atomic mass is 9.77. The molecule has 0 heterocycles. The summed E-state index contributed by atoms with van der Waals surface area (Å²) in [5.74, 6) is 1.77. The molecule has 0 unspecified atom stereocenters. The summed E-state index contributed by atoms with van der Waals surface area (Å²) < 4.78 is 0. The third kappa shape index (κ3) is 5.37. The molecule has 0 bridgehead atoms. The van der Waals surface area contributed by atoms with Crippen LogP contribution in [0.3, 0.4) is 0 Å². The van der Waals surface area contributed by atoms with Gasteiger partial charge >= 0.3 is 0 Å². The standard InChI is InChI=1S/C24H29NS/c1-2-3-19-6-12-22(13-7-19)23-14-8-20(9-15-23)4-5-21-10-16-24(17-11-21)25-18-26/h8-11,14-17,19,22H,2-7,12-13H2,1H3. The van der Waals surface area contributed by atoms with Gasteiger partial charge in [0, 0.05) is 0 Å². The van der Waals surface area contributed by atoms with Crippen molar-refractivity contribution in [3.8, 4) is 0 Å². The minimum atomic E-state index is 0.784. The van der Waals surface area contributed by atoms with Gasteiger partial charge in [-0.2, -0.15) is 4.99 Å². The Morgan fingerprint density at radius 2 is 1.46 bits per heavy atom. The Labute approximate surface area is 163 Å². The number of benzene rings is 2. The minimum Gasteiger partial charge on any atom is -0.195 e.